The zero-order chi connectivity index (χ0) is 13.6. The minimum atomic E-state index is -3.03. The summed E-state index contributed by atoms with van der Waals surface area (Å²) in [5.74, 6) is 0.181. The van der Waals surface area contributed by atoms with Crippen molar-refractivity contribution < 1.29 is 17.9 Å². The first kappa shape index (κ1) is 15.8. The smallest absolute Gasteiger partial charge is 0.213 e. The van der Waals surface area contributed by atoms with E-state index in [1.807, 2.05) is 0 Å². The number of piperidine rings is 1. The van der Waals surface area contributed by atoms with E-state index in [9.17, 15) is 8.42 Å². The molecule has 0 atom stereocenters. The molecule has 1 saturated heterocycles. The number of rotatable bonds is 7. The first-order valence-electron chi connectivity index (χ1n) is 6.30. The molecule has 0 saturated carbocycles. The van der Waals surface area contributed by atoms with Crippen LogP contribution in [0, 0.1) is 0 Å². The topological polar surface area (TPSA) is 67.9 Å². The monoisotopic (exact) mass is 280 g/mol. The van der Waals surface area contributed by atoms with Crippen molar-refractivity contribution in [2.45, 2.75) is 32.1 Å². The van der Waals surface area contributed by atoms with Crippen LogP contribution in [0.4, 0.5) is 0 Å². The molecule has 6 nitrogen and oxygen atoms in total. The van der Waals surface area contributed by atoms with E-state index in [0.29, 0.717) is 25.7 Å². The molecule has 7 heteroatoms. The van der Waals surface area contributed by atoms with E-state index >= 15 is 0 Å². The van der Waals surface area contributed by atoms with Crippen LogP contribution in [0.15, 0.2) is 0 Å². The minimum absolute atomic E-state index is 0.181. The summed E-state index contributed by atoms with van der Waals surface area (Å²) >= 11 is 0. The lowest BCUT2D eigenvalue weighted by atomic mass is 10.1. The van der Waals surface area contributed by atoms with Crippen molar-refractivity contribution >= 4 is 10.0 Å². The van der Waals surface area contributed by atoms with Gasteiger partial charge in [0.05, 0.1) is 5.75 Å². The molecule has 0 bridgehead atoms. The highest BCUT2D eigenvalue weighted by molar-refractivity contribution is 7.89. The Morgan fingerprint density at radius 1 is 1.28 bits per heavy atom. The summed E-state index contributed by atoms with van der Waals surface area (Å²) in [7, 11) is 0.178. The molecule has 0 aromatic carbocycles. The molecule has 18 heavy (non-hydrogen) atoms. The Morgan fingerprint density at radius 3 is 2.28 bits per heavy atom. The number of nitrogens with zero attached hydrogens (tertiary/aromatic N) is 1. The number of sulfonamides is 1. The van der Waals surface area contributed by atoms with Gasteiger partial charge < -0.3 is 14.8 Å². The molecule has 0 amide bonds. The summed E-state index contributed by atoms with van der Waals surface area (Å²) < 4.78 is 35.1. The average molecular weight is 280 g/mol. The lowest BCUT2D eigenvalue weighted by Gasteiger charge is -2.32. The molecule has 108 valence electrons. The lowest BCUT2D eigenvalue weighted by molar-refractivity contribution is -0.100. The second kappa shape index (κ2) is 7.40. The normalized spacial score (nSPS) is 19.6. The fourth-order valence-corrected chi connectivity index (χ4v) is 3.18. The van der Waals surface area contributed by atoms with E-state index < -0.39 is 10.0 Å². The van der Waals surface area contributed by atoms with E-state index in [-0.39, 0.29) is 12.0 Å². The highest BCUT2D eigenvalue weighted by atomic mass is 32.2. The van der Waals surface area contributed by atoms with Crippen molar-refractivity contribution in [3.8, 4) is 0 Å². The van der Waals surface area contributed by atoms with Crippen molar-refractivity contribution in [1.29, 1.82) is 0 Å². The highest BCUT2D eigenvalue weighted by Crippen LogP contribution is 2.14. The van der Waals surface area contributed by atoms with E-state index in [2.05, 4.69) is 5.32 Å². The number of ether oxygens (including phenoxy) is 2. The number of methoxy groups -OCH3 is 2. The van der Waals surface area contributed by atoms with Gasteiger partial charge in [-0.2, -0.15) is 0 Å². The van der Waals surface area contributed by atoms with Crippen molar-refractivity contribution in [3.05, 3.63) is 0 Å². The first-order chi connectivity index (χ1) is 8.53. The molecule has 1 heterocycles. The predicted octanol–water partition coefficient (Wildman–Crippen LogP) is 0.00900. The van der Waals surface area contributed by atoms with E-state index in [4.69, 9.17) is 9.47 Å². The summed E-state index contributed by atoms with van der Waals surface area (Å²) in [4.78, 5) is 0. The van der Waals surface area contributed by atoms with Gasteiger partial charge in [0.15, 0.2) is 6.29 Å². The summed E-state index contributed by atoms with van der Waals surface area (Å²) in [5.41, 5.74) is 0. The molecule has 1 aliphatic rings. The fraction of sp³-hybridized carbons (Fsp3) is 1.00. The van der Waals surface area contributed by atoms with Crippen LogP contribution in [0.5, 0.6) is 0 Å². The quantitative estimate of drug-likeness (QED) is 0.665. The van der Waals surface area contributed by atoms with Gasteiger partial charge in [-0.05, 0) is 19.8 Å². The molecule has 1 fully saturated rings. The van der Waals surface area contributed by atoms with Gasteiger partial charge in [-0.25, -0.2) is 12.7 Å². The molecule has 0 aromatic rings. The molecular formula is C11H24N2O4S. The number of hydrogen-bond donors (Lipinski definition) is 1. The Morgan fingerprint density at radius 2 is 1.83 bits per heavy atom. The number of nitrogens with one attached hydrogen (secondary N) is 1. The molecule has 0 aliphatic carbocycles. The SMILES string of the molecule is CCS(=O)(=O)N1CCC(NCC(OC)OC)CC1. The van der Waals surface area contributed by atoms with Gasteiger partial charge in [0, 0.05) is 39.9 Å². The van der Waals surface area contributed by atoms with Gasteiger partial charge in [0.1, 0.15) is 0 Å². The average Bonchev–Trinajstić information content (AvgIpc) is 2.40. The van der Waals surface area contributed by atoms with Crippen LogP contribution in [-0.4, -0.2) is 64.7 Å². The maximum absolute atomic E-state index is 11.7. The zero-order valence-corrected chi connectivity index (χ0v) is 12.2. The molecule has 0 spiro atoms. The van der Waals surface area contributed by atoms with Crippen LogP contribution in [0.1, 0.15) is 19.8 Å². The van der Waals surface area contributed by atoms with Crippen LogP contribution in [0.2, 0.25) is 0 Å². The number of hydrogen-bond acceptors (Lipinski definition) is 5. The molecule has 0 aromatic heterocycles. The van der Waals surface area contributed by atoms with E-state index in [1.165, 1.54) is 0 Å². The second-order valence-corrected chi connectivity index (χ2v) is 6.64. The van der Waals surface area contributed by atoms with E-state index in [0.717, 1.165) is 12.8 Å². The van der Waals surface area contributed by atoms with Crippen LogP contribution in [0.25, 0.3) is 0 Å². The van der Waals surface area contributed by atoms with Crippen molar-refractivity contribution in [2.24, 2.45) is 0 Å². The maximum atomic E-state index is 11.7. The Bertz CT molecular complexity index is 322. The highest BCUT2D eigenvalue weighted by Gasteiger charge is 2.26. The summed E-state index contributed by atoms with van der Waals surface area (Å²) in [6.45, 7) is 3.50. The van der Waals surface area contributed by atoms with Crippen molar-refractivity contribution in [3.63, 3.8) is 0 Å². The van der Waals surface area contributed by atoms with Gasteiger partial charge in [0.2, 0.25) is 10.0 Å². The lowest BCUT2D eigenvalue weighted by Crippen LogP contribution is -2.47. The third-order valence-electron chi connectivity index (χ3n) is 3.31. The Balaban J connectivity index is 2.32. The van der Waals surface area contributed by atoms with Crippen LogP contribution in [0.3, 0.4) is 0 Å². The zero-order valence-electron chi connectivity index (χ0n) is 11.4. The third kappa shape index (κ3) is 4.47. The molecule has 1 N–H and O–H groups in total. The van der Waals surface area contributed by atoms with Crippen LogP contribution >= 0.6 is 0 Å². The standard InChI is InChI=1S/C11H24N2O4S/c1-4-18(14,15)13-7-5-10(6-8-13)12-9-11(16-2)17-3/h10-12H,4-9H2,1-3H3. The van der Waals surface area contributed by atoms with Gasteiger partial charge >= 0.3 is 0 Å². The van der Waals surface area contributed by atoms with Crippen LogP contribution < -0.4 is 5.32 Å². The summed E-state index contributed by atoms with van der Waals surface area (Å²) in [6.07, 6.45) is 1.42. The van der Waals surface area contributed by atoms with Gasteiger partial charge in [0.25, 0.3) is 0 Å². The van der Waals surface area contributed by atoms with Gasteiger partial charge in [-0.15, -0.1) is 0 Å². The van der Waals surface area contributed by atoms with Gasteiger partial charge in [-0.1, -0.05) is 0 Å². The van der Waals surface area contributed by atoms with Crippen LogP contribution in [-0.2, 0) is 19.5 Å². The third-order valence-corrected chi connectivity index (χ3v) is 5.19. The minimum Gasteiger partial charge on any atom is -0.355 e. The largest absolute Gasteiger partial charge is 0.355 e. The van der Waals surface area contributed by atoms with Crippen molar-refractivity contribution in [1.82, 2.24) is 9.62 Å². The molecule has 1 rings (SSSR count). The fourth-order valence-electron chi connectivity index (χ4n) is 2.05. The van der Waals surface area contributed by atoms with Crippen molar-refractivity contribution in [2.75, 3.05) is 39.6 Å². The molecule has 0 radical (unpaired) electrons. The Kier molecular flexibility index (Phi) is 6.51. The van der Waals surface area contributed by atoms with Gasteiger partial charge in [-0.3, -0.25) is 0 Å². The first-order valence-corrected chi connectivity index (χ1v) is 7.91. The summed E-state index contributed by atoms with van der Waals surface area (Å²) in [5, 5.41) is 3.34. The predicted molar refractivity (Wildman–Crippen MR) is 69.9 cm³/mol. The van der Waals surface area contributed by atoms with E-state index in [1.54, 1.807) is 25.4 Å². The summed E-state index contributed by atoms with van der Waals surface area (Å²) in [6, 6.07) is 0.334. The second-order valence-electron chi connectivity index (χ2n) is 4.38. The molecule has 1 aliphatic heterocycles. The Labute approximate surface area is 110 Å². The molecular weight excluding hydrogens is 256 g/mol. The molecule has 0 unspecified atom stereocenters. The Hall–Kier alpha value is -0.210. The maximum Gasteiger partial charge on any atom is 0.213 e.